The average molecular weight is 401 g/mol. The smallest absolute Gasteiger partial charge is 0.262 e. The van der Waals surface area contributed by atoms with Gasteiger partial charge in [-0.1, -0.05) is 53.7 Å². The lowest BCUT2D eigenvalue weighted by molar-refractivity contribution is 0.0937. The third-order valence-corrected chi connectivity index (χ3v) is 6.23. The summed E-state index contributed by atoms with van der Waals surface area (Å²) in [4.78, 5) is 18.0. The van der Waals surface area contributed by atoms with Gasteiger partial charge in [-0.25, -0.2) is 4.98 Å². The molecule has 4 rings (SSSR count). The molecule has 27 heavy (non-hydrogen) atoms. The third kappa shape index (κ3) is 4.05. The highest BCUT2D eigenvalue weighted by atomic mass is 35.5. The van der Waals surface area contributed by atoms with Crippen LogP contribution in [0.5, 0.6) is 0 Å². The minimum atomic E-state index is -0.0325. The highest BCUT2D eigenvalue weighted by molar-refractivity contribution is 7.99. The molecule has 2 atom stereocenters. The van der Waals surface area contributed by atoms with Crippen molar-refractivity contribution in [3.8, 4) is 0 Å². The first kappa shape index (κ1) is 18.5. The summed E-state index contributed by atoms with van der Waals surface area (Å²) in [5.41, 5.74) is 1.81. The van der Waals surface area contributed by atoms with Crippen molar-refractivity contribution >= 4 is 34.3 Å². The number of hydrogen-bond acceptors (Lipinski definition) is 4. The van der Waals surface area contributed by atoms with E-state index in [4.69, 9.17) is 21.3 Å². The first-order valence-electron chi connectivity index (χ1n) is 9.15. The molecule has 0 saturated carbocycles. The van der Waals surface area contributed by atoms with Gasteiger partial charge in [0.05, 0.1) is 23.6 Å². The molecule has 4 nitrogen and oxygen atoms in total. The van der Waals surface area contributed by atoms with Gasteiger partial charge in [-0.15, -0.1) is 0 Å². The van der Waals surface area contributed by atoms with Crippen LogP contribution in [0.2, 0.25) is 5.02 Å². The number of rotatable bonds is 5. The van der Waals surface area contributed by atoms with E-state index in [1.54, 1.807) is 34.5 Å². The molecular weight excluding hydrogens is 380 g/mol. The monoisotopic (exact) mass is 400 g/mol. The van der Waals surface area contributed by atoms with Crippen LogP contribution in [0.15, 0.2) is 58.5 Å². The Labute approximate surface area is 167 Å². The number of aromatic nitrogens is 2. The molecule has 0 spiro atoms. The fraction of sp³-hybridized carbons (Fsp3) is 0.333. The molecule has 0 unspecified atom stereocenters. The van der Waals surface area contributed by atoms with Crippen molar-refractivity contribution in [2.75, 3.05) is 6.61 Å². The van der Waals surface area contributed by atoms with E-state index in [1.165, 1.54) is 5.56 Å². The van der Waals surface area contributed by atoms with Crippen LogP contribution in [0.4, 0.5) is 0 Å². The highest BCUT2D eigenvalue weighted by Gasteiger charge is 2.21. The van der Waals surface area contributed by atoms with Crippen LogP contribution in [0, 0.1) is 0 Å². The van der Waals surface area contributed by atoms with E-state index >= 15 is 0 Å². The molecule has 0 aliphatic carbocycles. The fourth-order valence-corrected chi connectivity index (χ4v) is 4.58. The predicted octanol–water partition coefficient (Wildman–Crippen LogP) is 5.08. The summed E-state index contributed by atoms with van der Waals surface area (Å²) in [7, 11) is 0. The van der Waals surface area contributed by atoms with Crippen molar-refractivity contribution in [3.63, 3.8) is 0 Å². The first-order valence-corrected chi connectivity index (χ1v) is 10.4. The van der Waals surface area contributed by atoms with Crippen LogP contribution in [-0.4, -0.2) is 22.3 Å². The van der Waals surface area contributed by atoms with Crippen LogP contribution in [0.3, 0.4) is 0 Å². The Morgan fingerprint density at radius 2 is 2.11 bits per heavy atom. The normalized spacial score (nSPS) is 18.1. The maximum Gasteiger partial charge on any atom is 0.262 e. The molecule has 140 valence electrons. The molecule has 1 fully saturated rings. The van der Waals surface area contributed by atoms with Gasteiger partial charge in [-0.05, 0) is 43.5 Å². The molecule has 2 aromatic carbocycles. The van der Waals surface area contributed by atoms with Gasteiger partial charge in [0, 0.05) is 16.9 Å². The predicted molar refractivity (Wildman–Crippen MR) is 111 cm³/mol. The summed E-state index contributed by atoms with van der Waals surface area (Å²) in [5.74, 6) is 0. The molecular formula is C21H21ClN2O2S. The number of fused-ring (bicyclic) bond motifs is 1. The van der Waals surface area contributed by atoms with Gasteiger partial charge in [0.25, 0.3) is 5.56 Å². The van der Waals surface area contributed by atoms with Crippen molar-refractivity contribution in [1.82, 2.24) is 9.55 Å². The van der Waals surface area contributed by atoms with E-state index in [1.807, 2.05) is 18.2 Å². The van der Waals surface area contributed by atoms with Gasteiger partial charge < -0.3 is 4.74 Å². The lowest BCUT2D eigenvalue weighted by atomic mass is 10.2. The Balaban J connectivity index is 1.76. The third-order valence-electron chi connectivity index (χ3n) is 4.84. The minimum Gasteiger partial charge on any atom is -0.376 e. The largest absolute Gasteiger partial charge is 0.376 e. The number of nitrogens with zero attached hydrogens (tertiary/aromatic N) is 2. The van der Waals surface area contributed by atoms with Crippen molar-refractivity contribution in [2.24, 2.45) is 0 Å². The topological polar surface area (TPSA) is 44.1 Å². The zero-order valence-corrected chi connectivity index (χ0v) is 16.7. The van der Waals surface area contributed by atoms with Gasteiger partial charge in [0.1, 0.15) is 0 Å². The summed E-state index contributed by atoms with van der Waals surface area (Å²) >= 11 is 7.72. The van der Waals surface area contributed by atoms with Gasteiger partial charge in [0.15, 0.2) is 5.16 Å². The fourth-order valence-electron chi connectivity index (χ4n) is 3.37. The van der Waals surface area contributed by atoms with Crippen LogP contribution < -0.4 is 5.56 Å². The molecule has 3 aromatic rings. The summed E-state index contributed by atoms with van der Waals surface area (Å²) in [6, 6.07) is 15.5. The average Bonchev–Trinajstić information content (AvgIpc) is 3.18. The van der Waals surface area contributed by atoms with Gasteiger partial charge in [-0.2, -0.15) is 0 Å². The molecule has 1 aromatic heterocycles. The van der Waals surface area contributed by atoms with Crippen LogP contribution in [0.1, 0.15) is 30.6 Å². The van der Waals surface area contributed by atoms with Crippen LogP contribution >= 0.6 is 23.4 Å². The van der Waals surface area contributed by atoms with E-state index in [0.717, 1.165) is 19.4 Å². The molecule has 6 heteroatoms. The zero-order valence-electron chi connectivity index (χ0n) is 15.1. The first-order chi connectivity index (χ1) is 13.1. The zero-order chi connectivity index (χ0) is 18.8. The molecule has 1 aliphatic heterocycles. The Bertz CT molecular complexity index is 1000. The molecule has 0 radical (unpaired) electrons. The number of benzene rings is 2. The van der Waals surface area contributed by atoms with Crippen molar-refractivity contribution in [2.45, 2.75) is 42.8 Å². The second-order valence-electron chi connectivity index (χ2n) is 6.78. The van der Waals surface area contributed by atoms with Crippen molar-refractivity contribution in [3.05, 3.63) is 69.5 Å². The Morgan fingerprint density at radius 1 is 1.30 bits per heavy atom. The van der Waals surface area contributed by atoms with Crippen molar-refractivity contribution < 1.29 is 4.74 Å². The van der Waals surface area contributed by atoms with Crippen LogP contribution in [-0.2, 0) is 11.3 Å². The van der Waals surface area contributed by atoms with Gasteiger partial charge >= 0.3 is 0 Å². The van der Waals surface area contributed by atoms with E-state index < -0.39 is 0 Å². The van der Waals surface area contributed by atoms with Gasteiger partial charge in [-0.3, -0.25) is 9.36 Å². The lowest BCUT2D eigenvalue weighted by Gasteiger charge is -2.19. The molecule has 1 aliphatic rings. The Morgan fingerprint density at radius 3 is 2.85 bits per heavy atom. The molecule has 1 saturated heterocycles. The summed E-state index contributed by atoms with van der Waals surface area (Å²) in [5, 5.41) is 2.06. The maximum atomic E-state index is 13.2. The molecule has 2 heterocycles. The highest BCUT2D eigenvalue weighted by Crippen LogP contribution is 2.34. The van der Waals surface area contributed by atoms with Crippen LogP contribution in [0.25, 0.3) is 10.9 Å². The second kappa shape index (κ2) is 8.05. The SMILES string of the molecule is C[C@H](Sc1nc2cc(Cl)ccc2c(=O)n1C[C@@H]1CCCO1)c1ccccc1. The number of halogens is 1. The summed E-state index contributed by atoms with van der Waals surface area (Å²) in [6.45, 7) is 3.43. The second-order valence-corrected chi connectivity index (χ2v) is 8.52. The number of ether oxygens (including phenoxy) is 1. The minimum absolute atomic E-state index is 0.0325. The van der Waals surface area contributed by atoms with E-state index in [0.29, 0.717) is 27.6 Å². The molecule has 0 amide bonds. The number of hydrogen-bond donors (Lipinski definition) is 0. The maximum absolute atomic E-state index is 13.2. The Hall–Kier alpha value is -1.82. The number of thioether (sulfide) groups is 1. The van der Waals surface area contributed by atoms with Crippen molar-refractivity contribution in [1.29, 1.82) is 0 Å². The van der Waals surface area contributed by atoms with E-state index in [-0.39, 0.29) is 16.9 Å². The molecule has 0 N–H and O–H groups in total. The van der Waals surface area contributed by atoms with E-state index in [9.17, 15) is 4.79 Å². The Kier molecular flexibility index (Phi) is 5.53. The molecule has 0 bridgehead atoms. The lowest BCUT2D eigenvalue weighted by Crippen LogP contribution is -2.29. The summed E-state index contributed by atoms with van der Waals surface area (Å²) < 4.78 is 7.54. The quantitative estimate of drug-likeness (QED) is 0.442. The van der Waals surface area contributed by atoms with E-state index in [2.05, 4.69) is 19.1 Å². The standard InChI is InChI=1S/C21H21ClN2O2S/c1-14(15-6-3-2-4-7-15)27-21-23-19-12-16(22)9-10-18(19)20(25)24(21)13-17-8-5-11-26-17/h2-4,6-7,9-10,12,14,17H,5,8,11,13H2,1H3/t14-,17-/m0/s1. The van der Waals surface area contributed by atoms with Gasteiger partial charge in [0.2, 0.25) is 0 Å². The summed E-state index contributed by atoms with van der Waals surface area (Å²) in [6.07, 6.45) is 2.09.